The van der Waals surface area contributed by atoms with Crippen LogP contribution in [0.1, 0.15) is 0 Å². The average Bonchev–Trinajstić information content (AvgIpc) is 2.67. The highest BCUT2D eigenvalue weighted by Crippen LogP contribution is 2.18. The summed E-state index contributed by atoms with van der Waals surface area (Å²) in [5, 5.41) is 11.8. The van der Waals surface area contributed by atoms with Crippen molar-refractivity contribution >= 4 is 21.3 Å². The van der Waals surface area contributed by atoms with E-state index in [1.807, 2.05) is 23.1 Å². The van der Waals surface area contributed by atoms with Gasteiger partial charge in [0.15, 0.2) is 0 Å². The average molecular weight is 374 g/mol. The second kappa shape index (κ2) is 7.52. The lowest BCUT2D eigenvalue weighted by Gasteiger charge is -2.34. The van der Waals surface area contributed by atoms with Crippen LogP contribution in [0.5, 0.6) is 0 Å². The lowest BCUT2D eigenvalue weighted by atomic mass is 10.3. The summed E-state index contributed by atoms with van der Waals surface area (Å²) in [5.74, 6) is 0.912. The van der Waals surface area contributed by atoms with Crippen LogP contribution in [0.3, 0.4) is 0 Å². The maximum absolute atomic E-state index is 12.3. The zero-order chi connectivity index (χ0) is 18.6. The number of sulfone groups is 1. The molecule has 0 N–H and O–H groups in total. The van der Waals surface area contributed by atoms with Gasteiger partial charge in [0.2, 0.25) is 9.84 Å². The molecule has 2 heterocycles. The van der Waals surface area contributed by atoms with E-state index in [-0.39, 0.29) is 10.6 Å². The lowest BCUT2D eigenvalue weighted by Crippen LogP contribution is -2.44. The molecule has 0 radical (unpaired) electrons. The van der Waals surface area contributed by atoms with Crippen LogP contribution >= 0.6 is 0 Å². The number of aromatic nitrogens is 1. The zero-order valence-corrected chi connectivity index (χ0v) is 14.7. The second-order valence-corrected chi connectivity index (χ2v) is 7.63. The normalized spacial score (nSPS) is 15.4. The Morgan fingerprint density at radius 1 is 1.04 bits per heavy atom. The fourth-order valence-electron chi connectivity index (χ4n) is 2.64. The number of non-ortho nitro benzene ring substituents is 1. The molecule has 3 rings (SSSR count). The largest absolute Gasteiger partial charge is 0.373 e. The van der Waals surface area contributed by atoms with Gasteiger partial charge in [0, 0.05) is 50.7 Å². The van der Waals surface area contributed by atoms with E-state index in [9.17, 15) is 18.5 Å². The molecule has 0 bridgehead atoms. The second-order valence-electron chi connectivity index (χ2n) is 5.79. The summed E-state index contributed by atoms with van der Waals surface area (Å²) >= 11 is 0. The highest BCUT2D eigenvalue weighted by atomic mass is 32.2. The Bertz CT molecular complexity index is 890. The van der Waals surface area contributed by atoms with Gasteiger partial charge in [-0.2, -0.15) is 0 Å². The molecule has 26 heavy (non-hydrogen) atoms. The van der Waals surface area contributed by atoms with Gasteiger partial charge in [-0.25, -0.2) is 13.4 Å². The number of rotatable bonds is 5. The van der Waals surface area contributed by atoms with Crippen LogP contribution in [-0.4, -0.2) is 49.4 Å². The van der Waals surface area contributed by atoms with Crippen molar-refractivity contribution in [1.29, 1.82) is 0 Å². The Hall–Kier alpha value is -2.94. The minimum absolute atomic E-state index is 0.0338. The first kappa shape index (κ1) is 17.9. The molecule has 1 aliphatic rings. The third-order valence-corrected chi connectivity index (χ3v) is 5.52. The maximum atomic E-state index is 12.3. The molecule has 0 spiro atoms. The van der Waals surface area contributed by atoms with E-state index in [0.29, 0.717) is 13.1 Å². The highest BCUT2D eigenvalue weighted by molar-refractivity contribution is 7.94. The molecule has 0 aliphatic carbocycles. The van der Waals surface area contributed by atoms with Gasteiger partial charge in [-0.15, -0.1) is 0 Å². The molecule has 1 fully saturated rings. The molecule has 2 aromatic rings. The third kappa shape index (κ3) is 4.17. The standard InChI is InChI=1S/C17H18N4O4S/c22-21(23)15-4-6-16(7-5-15)26(24,25)14-13-19-9-11-20(12-10-19)17-3-1-2-8-18-17/h1-8,13-14H,9-12H2/b14-13+. The van der Waals surface area contributed by atoms with E-state index in [2.05, 4.69) is 9.88 Å². The van der Waals surface area contributed by atoms with Crippen molar-refractivity contribution in [2.45, 2.75) is 4.90 Å². The third-order valence-electron chi connectivity index (χ3n) is 4.11. The van der Waals surface area contributed by atoms with E-state index in [4.69, 9.17) is 0 Å². The predicted octanol–water partition coefficient (Wildman–Crippen LogP) is 2.06. The molecule has 0 amide bonds. The minimum Gasteiger partial charge on any atom is -0.373 e. The van der Waals surface area contributed by atoms with E-state index in [1.165, 1.54) is 24.3 Å². The molecular formula is C17H18N4O4S. The van der Waals surface area contributed by atoms with Gasteiger partial charge >= 0.3 is 0 Å². The smallest absolute Gasteiger partial charge is 0.269 e. The summed E-state index contributed by atoms with van der Waals surface area (Å²) in [7, 11) is -3.64. The molecule has 0 atom stereocenters. The molecular weight excluding hydrogens is 356 g/mol. The summed E-state index contributed by atoms with van der Waals surface area (Å²) < 4.78 is 24.7. The van der Waals surface area contributed by atoms with Gasteiger partial charge < -0.3 is 9.80 Å². The molecule has 1 aromatic heterocycles. The van der Waals surface area contributed by atoms with E-state index < -0.39 is 14.8 Å². The molecule has 9 heteroatoms. The number of benzene rings is 1. The lowest BCUT2D eigenvalue weighted by molar-refractivity contribution is -0.384. The minimum atomic E-state index is -3.64. The number of hydrogen-bond donors (Lipinski definition) is 0. The van der Waals surface area contributed by atoms with Gasteiger partial charge in [0.25, 0.3) is 5.69 Å². The van der Waals surface area contributed by atoms with Crippen molar-refractivity contribution in [2.75, 3.05) is 31.1 Å². The van der Waals surface area contributed by atoms with Crippen LogP contribution in [-0.2, 0) is 9.84 Å². The molecule has 0 saturated carbocycles. The van der Waals surface area contributed by atoms with Gasteiger partial charge in [-0.3, -0.25) is 10.1 Å². The topological polar surface area (TPSA) is 96.6 Å². The number of hydrogen-bond acceptors (Lipinski definition) is 7. The van der Waals surface area contributed by atoms with Crippen molar-refractivity contribution in [3.63, 3.8) is 0 Å². The SMILES string of the molecule is O=[N+]([O-])c1ccc(S(=O)(=O)/C=C/N2CCN(c3ccccn3)CC2)cc1. The van der Waals surface area contributed by atoms with Crippen LogP contribution in [0.15, 0.2) is 65.2 Å². The number of nitro benzene ring substituents is 1. The van der Waals surface area contributed by atoms with Crippen molar-refractivity contribution < 1.29 is 13.3 Å². The Balaban J connectivity index is 1.62. The summed E-state index contributed by atoms with van der Waals surface area (Å²) in [6.07, 6.45) is 3.31. The zero-order valence-electron chi connectivity index (χ0n) is 13.9. The fraction of sp³-hybridized carbons (Fsp3) is 0.235. The molecule has 1 aliphatic heterocycles. The first-order chi connectivity index (χ1) is 12.5. The number of piperazine rings is 1. The van der Waals surface area contributed by atoms with E-state index in [0.717, 1.165) is 24.3 Å². The number of anilines is 1. The van der Waals surface area contributed by atoms with Crippen LogP contribution in [0.25, 0.3) is 0 Å². The summed E-state index contributed by atoms with van der Waals surface area (Å²) in [6, 6.07) is 10.6. The van der Waals surface area contributed by atoms with Gasteiger partial charge in [-0.1, -0.05) is 6.07 Å². The number of nitrogens with zero attached hydrogens (tertiary/aromatic N) is 4. The summed E-state index contributed by atoms with van der Waals surface area (Å²) in [5.41, 5.74) is -0.140. The fourth-order valence-corrected chi connectivity index (χ4v) is 3.65. The summed E-state index contributed by atoms with van der Waals surface area (Å²) in [6.45, 7) is 2.86. The molecule has 8 nitrogen and oxygen atoms in total. The molecule has 1 aromatic carbocycles. The summed E-state index contributed by atoms with van der Waals surface area (Å²) in [4.78, 5) is 18.5. The Morgan fingerprint density at radius 3 is 2.31 bits per heavy atom. The van der Waals surface area contributed by atoms with Gasteiger partial charge in [0.1, 0.15) is 5.82 Å². The number of nitro groups is 1. The van der Waals surface area contributed by atoms with Crippen LogP contribution in [0.2, 0.25) is 0 Å². The van der Waals surface area contributed by atoms with Crippen LogP contribution < -0.4 is 4.90 Å². The van der Waals surface area contributed by atoms with E-state index >= 15 is 0 Å². The predicted molar refractivity (Wildman–Crippen MR) is 97.4 cm³/mol. The number of pyridine rings is 1. The molecule has 1 saturated heterocycles. The Labute approximate surface area is 151 Å². The molecule has 0 unspecified atom stereocenters. The maximum Gasteiger partial charge on any atom is 0.269 e. The highest BCUT2D eigenvalue weighted by Gasteiger charge is 2.17. The van der Waals surface area contributed by atoms with Gasteiger partial charge in [-0.05, 0) is 24.3 Å². The van der Waals surface area contributed by atoms with Crippen LogP contribution in [0.4, 0.5) is 11.5 Å². The first-order valence-corrected chi connectivity index (χ1v) is 9.58. The van der Waals surface area contributed by atoms with Crippen molar-refractivity contribution in [3.8, 4) is 0 Å². The molecule has 136 valence electrons. The van der Waals surface area contributed by atoms with E-state index in [1.54, 1.807) is 12.4 Å². The van der Waals surface area contributed by atoms with Crippen LogP contribution in [0, 0.1) is 10.1 Å². The Kier molecular flexibility index (Phi) is 5.17. The van der Waals surface area contributed by atoms with Crippen molar-refractivity contribution in [3.05, 3.63) is 70.4 Å². The van der Waals surface area contributed by atoms with Gasteiger partial charge in [0.05, 0.1) is 15.2 Å². The Morgan fingerprint density at radius 2 is 1.73 bits per heavy atom. The first-order valence-electron chi connectivity index (χ1n) is 8.03. The quantitative estimate of drug-likeness (QED) is 0.584. The van der Waals surface area contributed by atoms with Crippen molar-refractivity contribution in [1.82, 2.24) is 9.88 Å². The van der Waals surface area contributed by atoms with Crippen molar-refractivity contribution in [2.24, 2.45) is 0 Å². The monoisotopic (exact) mass is 374 g/mol.